The summed E-state index contributed by atoms with van der Waals surface area (Å²) in [5.41, 5.74) is 0. The van der Waals surface area contributed by atoms with Gasteiger partial charge in [-0.1, -0.05) is 19.8 Å². The van der Waals surface area contributed by atoms with Crippen molar-refractivity contribution >= 4 is 0 Å². The molecule has 0 spiro atoms. The molecule has 1 aliphatic rings. The Bertz CT molecular complexity index is 254. The van der Waals surface area contributed by atoms with Crippen molar-refractivity contribution < 1.29 is 13.2 Å². The average Bonchev–Trinajstić information content (AvgIpc) is 2.28. The normalized spacial score (nSPS) is 25.3. The van der Waals surface area contributed by atoms with Crippen molar-refractivity contribution in [3.05, 3.63) is 0 Å². The summed E-state index contributed by atoms with van der Waals surface area (Å²) in [5, 5.41) is 3.43. The highest BCUT2D eigenvalue weighted by Gasteiger charge is 2.31. The first-order chi connectivity index (χ1) is 8.79. The SMILES string of the molecule is CC1CCCCC1NCCN(CC(F)(F)F)C(C)C. The number of alkyl halides is 3. The summed E-state index contributed by atoms with van der Waals surface area (Å²) in [6.07, 6.45) is 0.794. The van der Waals surface area contributed by atoms with Crippen LogP contribution in [0.15, 0.2) is 0 Å². The van der Waals surface area contributed by atoms with Crippen molar-refractivity contribution in [2.24, 2.45) is 5.92 Å². The van der Waals surface area contributed by atoms with E-state index in [9.17, 15) is 13.2 Å². The smallest absolute Gasteiger partial charge is 0.312 e. The molecule has 5 heteroatoms. The van der Waals surface area contributed by atoms with Crippen LogP contribution in [0.5, 0.6) is 0 Å². The monoisotopic (exact) mass is 280 g/mol. The van der Waals surface area contributed by atoms with Crippen LogP contribution >= 0.6 is 0 Å². The topological polar surface area (TPSA) is 15.3 Å². The number of hydrogen-bond donors (Lipinski definition) is 1. The first-order valence-corrected chi connectivity index (χ1v) is 7.34. The van der Waals surface area contributed by atoms with Crippen molar-refractivity contribution in [1.82, 2.24) is 10.2 Å². The Morgan fingerprint density at radius 3 is 2.37 bits per heavy atom. The predicted molar refractivity (Wildman–Crippen MR) is 72.2 cm³/mol. The Kier molecular flexibility index (Phi) is 6.60. The molecule has 1 aliphatic carbocycles. The predicted octanol–water partition coefficient (Wildman–Crippen LogP) is 3.43. The Labute approximate surface area is 114 Å². The Morgan fingerprint density at radius 1 is 1.21 bits per heavy atom. The lowest BCUT2D eigenvalue weighted by Gasteiger charge is -2.32. The van der Waals surface area contributed by atoms with Crippen LogP contribution in [0.4, 0.5) is 13.2 Å². The van der Waals surface area contributed by atoms with E-state index in [1.807, 2.05) is 13.8 Å². The Balaban J connectivity index is 2.31. The van der Waals surface area contributed by atoms with Crippen molar-refractivity contribution in [3.63, 3.8) is 0 Å². The van der Waals surface area contributed by atoms with E-state index in [-0.39, 0.29) is 6.04 Å². The van der Waals surface area contributed by atoms with Gasteiger partial charge in [0.05, 0.1) is 6.54 Å². The number of hydrogen-bond acceptors (Lipinski definition) is 2. The molecule has 0 saturated heterocycles. The van der Waals surface area contributed by atoms with E-state index in [2.05, 4.69) is 12.2 Å². The molecular weight excluding hydrogens is 253 g/mol. The number of nitrogens with one attached hydrogen (secondary N) is 1. The molecule has 2 atom stereocenters. The molecule has 0 amide bonds. The van der Waals surface area contributed by atoms with E-state index in [1.165, 1.54) is 24.2 Å². The summed E-state index contributed by atoms with van der Waals surface area (Å²) in [6, 6.07) is 0.404. The van der Waals surface area contributed by atoms with Crippen LogP contribution in [0, 0.1) is 5.92 Å². The molecule has 0 aromatic rings. The van der Waals surface area contributed by atoms with Crippen LogP contribution in [0.25, 0.3) is 0 Å². The van der Waals surface area contributed by atoms with Gasteiger partial charge in [0.2, 0.25) is 0 Å². The van der Waals surface area contributed by atoms with Crippen LogP contribution in [0.3, 0.4) is 0 Å². The van der Waals surface area contributed by atoms with Gasteiger partial charge in [0.25, 0.3) is 0 Å². The third kappa shape index (κ3) is 6.61. The standard InChI is InChI=1S/C14H27F3N2/c1-11(2)19(10-14(15,16)17)9-8-18-13-7-5-4-6-12(13)3/h11-13,18H,4-10H2,1-3H3. The molecule has 0 heterocycles. The van der Waals surface area contributed by atoms with Gasteiger partial charge < -0.3 is 5.32 Å². The summed E-state index contributed by atoms with van der Waals surface area (Å²) in [7, 11) is 0. The molecule has 2 unspecified atom stereocenters. The van der Waals surface area contributed by atoms with Gasteiger partial charge in [0, 0.05) is 25.2 Å². The van der Waals surface area contributed by atoms with Crippen molar-refractivity contribution in [1.29, 1.82) is 0 Å². The van der Waals surface area contributed by atoms with E-state index in [1.54, 1.807) is 0 Å². The summed E-state index contributed by atoms with van der Waals surface area (Å²) in [4.78, 5) is 1.49. The number of nitrogens with zero attached hydrogens (tertiary/aromatic N) is 1. The lowest BCUT2D eigenvalue weighted by atomic mass is 9.86. The molecule has 19 heavy (non-hydrogen) atoms. The maximum absolute atomic E-state index is 12.4. The lowest BCUT2D eigenvalue weighted by molar-refractivity contribution is -0.149. The molecule has 1 saturated carbocycles. The van der Waals surface area contributed by atoms with Crippen LogP contribution in [0.2, 0.25) is 0 Å². The summed E-state index contributed by atoms with van der Waals surface area (Å²) in [6.45, 7) is 6.15. The van der Waals surface area contributed by atoms with Gasteiger partial charge in [-0.05, 0) is 32.6 Å². The maximum Gasteiger partial charge on any atom is 0.401 e. The average molecular weight is 280 g/mol. The van der Waals surface area contributed by atoms with Crippen LogP contribution < -0.4 is 5.32 Å². The van der Waals surface area contributed by atoms with Gasteiger partial charge in [-0.25, -0.2) is 0 Å². The Morgan fingerprint density at radius 2 is 1.84 bits per heavy atom. The fourth-order valence-corrected chi connectivity index (χ4v) is 2.76. The summed E-state index contributed by atoms with van der Waals surface area (Å²) >= 11 is 0. The first-order valence-electron chi connectivity index (χ1n) is 7.34. The lowest BCUT2D eigenvalue weighted by Crippen LogP contribution is -2.45. The van der Waals surface area contributed by atoms with Crippen molar-refractivity contribution in [2.75, 3.05) is 19.6 Å². The van der Waals surface area contributed by atoms with E-state index < -0.39 is 12.7 Å². The zero-order valence-electron chi connectivity index (χ0n) is 12.3. The highest BCUT2D eigenvalue weighted by Crippen LogP contribution is 2.23. The highest BCUT2D eigenvalue weighted by atomic mass is 19.4. The van der Waals surface area contributed by atoms with Gasteiger partial charge in [-0.15, -0.1) is 0 Å². The molecule has 114 valence electrons. The molecule has 1 fully saturated rings. The van der Waals surface area contributed by atoms with E-state index in [4.69, 9.17) is 0 Å². The third-order valence-electron chi connectivity index (χ3n) is 4.03. The van der Waals surface area contributed by atoms with Gasteiger partial charge in [-0.2, -0.15) is 13.2 Å². The molecule has 1 rings (SSSR count). The first kappa shape index (κ1) is 16.8. The van der Waals surface area contributed by atoms with Gasteiger partial charge in [0.1, 0.15) is 0 Å². The largest absolute Gasteiger partial charge is 0.401 e. The highest BCUT2D eigenvalue weighted by molar-refractivity contribution is 4.79. The molecule has 0 radical (unpaired) electrons. The van der Waals surface area contributed by atoms with Gasteiger partial charge in [0.15, 0.2) is 0 Å². The molecule has 2 nitrogen and oxygen atoms in total. The zero-order chi connectivity index (χ0) is 14.5. The minimum atomic E-state index is -4.11. The maximum atomic E-state index is 12.4. The molecule has 0 aromatic heterocycles. The second kappa shape index (κ2) is 7.48. The fourth-order valence-electron chi connectivity index (χ4n) is 2.76. The molecule has 0 aromatic carbocycles. The second-order valence-electron chi connectivity index (χ2n) is 6.00. The fraction of sp³-hybridized carbons (Fsp3) is 1.00. The number of rotatable bonds is 6. The summed E-state index contributed by atoms with van der Waals surface area (Å²) < 4.78 is 37.3. The molecule has 1 N–H and O–H groups in total. The van der Waals surface area contributed by atoms with Crippen molar-refractivity contribution in [2.45, 2.75) is 64.7 Å². The van der Waals surface area contributed by atoms with E-state index in [0.29, 0.717) is 25.0 Å². The van der Waals surface area contributed by atoms with Gasteiger partial charge in [-0.3, -0.25) is 4.90 Å². The summed E-state index contributed by atoms with van der Waals surface area (Å²) in [5.74, 6) is 0.642. The molecular formula is C14H27F3N2. The zero-order valence-corrected chi connectivity index (χ0v) is 12.3. The second-order valence-corrected chi connectivity index (χ2v) is 6.00. The minimum absolute atomic E-state index is 0.0767. The van der Waals surface area contributed by atoms with Crippen molar-refractivity contribution in [3.8, 4) is 0 Å². The van der Waals surface area contributed by atoms with E-state index >= 15 is 0 Å². The third-order valence-corrected chi connectivity index (χ3v) is 4.03. The van der Waals surface area contributed by atoms with Gasteiger partial charge >= 0.3 is 6.18 Å². The van der Waals surface area contributed by atoms with E-state index in [0.717, 1.165) is 6.42 Å². The van der Waals surface area contributed by atoms with Crippen LogP contribution in [0.1, 0.15) is 46.5 Å². The molecule has 0 aliphatic heterocycles. The quantitative estimate of drug-likeness (QED) is 0.802. The number of halogens is 3. The van der Waals surface area contributed by atoms with Crippen LogP contribution in [-0.4, -0.2) is 42.8 Å². The van der Waals surface area contributed by atoms with Crippen LogP contribution in [-0.2, 0) is 0 Å². The molecule has 0 bridgehead atoms. The Hall–Kier alpha value is -0.290. The minimum Gasteiger partial charge on any atom is -0.312 e.